The van der Waals surface area contributed by atoms with E-state index in [0.717, 1.165) is 42.7 Å². The highest BCUT2D eigenvalue weighted by Crippen LogP contribution is 2.35. The number of methoxy groups -OCH3 is 1. The van der Waals surface area contributed by atoms with Crippen molar-refractivity contribution in [3.8, 4) is 0 Å². The number of benzene rings is 2. The van der Waals surface area contributed by atoms with Crippen LogP contribution in [0.15, 0.2) is 47.4 Å². The number of para-hydroxylation sites is 2. The number of fused-ring (bicyclic) bond motifs is 1. The molecule has 2 aliphatic rings. The summed E-state index contributed by atoms with van der Waals surface area (Å²) in [7, 11) is -2.27. The number of likely N-dealkylation sites (tertiary alicyclic amines) is 1. The van der Waals surface area contributed by atoms with Crippen molar-refractivity contribution in [1.82, 2.24) is 18.8 Å². The van der Waals surface area contributed by atoms with E-state index in [1.165, 1.54) is 22.5 Å². The second-order valence-corrected chi connectivity index (χ2v) is 12.9. The summed E-state index contributed by atoms with van der Waals surface area (Å²) >= 11 is 12.3. The first-order valence-electron chi connectivity index (χ1n) is 13.1. The quantitative estimate of drug-likeness (QED) is 0.398. The highest BCUT2D eigenvalue weighted by Gasteiger charge is 2.44. The standard InChI is InChI=1S/C27H33Cl2N5O4S/c1-38-14-6-13-34-23-10-3-2-9-22(23)31-26(34)18-7-5-12-32(15-18)27(35)19-16-33(17-21(19)30)39(36,37)24-11-4-8-20(28)25(24)29/h2-4,8-11,18-19,21H,5-7,12-17,30H2,1H3/t18?,19-,21-/m1/s1. The van der Waals surface area contributed by atoms with Gasteiger partial charge in [0.2, 0.25) is 15.9 Å². The molecule has 0 spiro atoms. The van der Waals surface area contributed by atoms with E-state index in [1.807, 2.05) is 23.1 Å². The summed E-state index contributed by atoms with van der Waals surface area (Å²) in [5.41, 5.74) is 8.38. The first kappa shape index (κ1) is 28.3. The molecule has 3 atom stereocenters. The fraction of sp³-hybridized carbons (Fsp3) is 0.481. The lowest BCUT2D eigenvalue weighted by molar-refractivity contribution is -0.136. The maximum atomic E-state index is 13.7. The van der Waals surface area contributed by atoms with Gasteiger partial charge in [0.25, 0.3) is 0 Å². The predicted molar refractivity (Wildman–Crippen MR) is 151 cm³/mol. The molecule has 0 saturated carbocycles. The molecule has 0 aliphatic carbocycles. The molecule has 1 unspecified atom stereocenters. The number of ether oxygens (including phenoxy) is 1. The van der Waals surface area contributed by atoms with E-state index in [1.54, 1.807) is 7.11 Å². The zero-order valence-electron chi connectivity index (χ0n) is 21.8. The number of carbonyl (C=O) groups excluding carboxylic acids is 1. The normalized spacial score (nSPS) is 22.6. The molecule has 2 aliphatic heterocycles. The lowest BCUT2D eigenvalue weighted by atomic mass is 9.94. The van der Waals surface area contributed by atoms with Crippen LogP contribution in [0.2, 0.25) is 10.0 Å². The minimum absolute atomic E-state index is 0.00186. The largest absolute Gasteiger partial charge is 0.385 e. The Bertz CT molecular complexity index is 1460. The SMILES string of the molecule is COCCCn1c(C2CCCN(C(=O)[C@@H]3CN(S(=O)(=O)c4cccc(Cl)c4Cl)C[C@H]3N)C2)nc2ccccc21. The molecular weight excluding hydrogens is 561 g/mol. The fourth-order valence-corrected chi connectivity index (χ4v) is 7.94. The highest BCUT2D eigenvalue weighted by molar-refractivity contribution is 7.89. The Kier molecular flexibility index (Phi) is 8.51. The van der Waals surface area contributed by atoms with Crippen LogP contribution >= 0.6 is 23.2 Å². The molecule has 210 valence electrons. The van der Waals surface area contributed by atoms with Crippen LogP contribution in [0, 0.1) is 5.92 Å². The van der Waals surface area contributed by atoms with Gasteiger partial charge in [-0.05, 0) is 43.5 Å². The summed E-state index contributed by atoms with van der Waals surface area (Å²) in [6, 6.07) is 11.9. The number of hydrogen-bond acceptors (Lipinski definition) is 6. The third-order valence-electron chi connectivity index (χ3n) is 7.70. The van der Waals surface area contributed by atoms with Crippen molar-refractivity contribution in [2.24, 2.45) is 11.7 Å². The van der Waals surface area contributed by atoms with Gasteiger partial charge in [-0.3, -0.25) is 4.79 Å². The molecule has 3 heterocycles. The van der Waals surface area contributed by atoms with Crippen molar-refractivity contribution in [3.63, 3.8) is 0 Å². The first-order valence-corrected chi connectivity index (χ1v) is 15.3. The van der Waals surface area contributed by atoms with Crippen molar-refractivity contribution in [1.29, 1.82) is 0 Å². The number of aromatic nitrogens is 2. The van der Waals surface area contributed by atoms with Crippen LogP contribution < -0.4 is 5.73 Å². The zero-order chi connectivity index (χ0) is 27.7. The lowest BCUT2D eigenvalue weighted by Crippen LogP contribution is -2.47. The van der Waals surface area contributed by atoms with Gasteiger partial charge in [-0.1, -0.05) is 41.4 Å². The minimum Gasteiger partial charge on any atom is -0.385 e. The average molecular weight is 595 g/mol. The second-order valence-electron chi connectivity index (χ2n) is 10.2. The number of halogens is 2. The molecule has 3 aromatic rings. The predicted octanol–water partition coefficient (Wildman–Crippen LogP) is 3.73. The van der Waals surface area contributed by atoms with Crippen molar-refractivity contribution < 1.29 is 17.9 Å². The Morgan fingerprint density at radius 3 is 2.72 bits per heavy atom. The number of imidazole rings is 1. The summed E-state index contributed by atoms with van der Waals surface area (Å²) < 4.78 is 35.5. The Hall–Kier alpha value is -2.21. The van der Waals surface area contributed by atoms with E-state index >= 15 is 0 Å². The number of piperidine rings is 1. The number of sulfonamides is 1. The van der Waals surface area contributed by atoms with Gasteiger partial charge >= 0.3 is 0 Å². The van der Waals surface area contributed by atoms with Gasteiger partial charge in [0.05, 0.1) is 27.0 Å². The third kappa shape index (κ3) is 5.55. The molecule has 1 amide bonds. The fourth-order valence-electron chi connectivity index (χ4n) is 5.70. The molecule has 2 N–H and O–H groups in total. The van der Waals surface area contributed by atoms with E-state index < -0.39 is 22.0 Å². The highest BCUT2D eigenvalue weighted by atomic mass is 35.5. The molecule has 0 bridgehead atoms. The van der Waals surface area contributed by atoms with Gasteiger partial charge in [0.15, 0.2) is 0 Å². The number of nitrogens with zero attached hydrogens (tertiary/aromatic N) is 4. The molecule has 39 heavy (non-hydrogen) atoms. The van der Waals surface area contributed by atoms with Crippen LogP contribution in [0.4, 0.5) is 0 Å². The molecule has 5 rings (SSSR count). The molecule has 12 heteroatoms. The first-order chi connectivity index (χ1) is 18.7. The molecule has 0 radical (unpaired) electrons. The van der Waals surface area contributed by atoms with Crippen LogP contribution in [-0.4, -0.2) is 79.0 Å². The van der Waals surface area contributed by atoms with E-state index in [4.69, 9.17) is 38.7 Å². The van der Waals surface area contributed by atoms with Gasteiger partial charge < -0.3 is 19.9 Å². The van der Waals surface area contributed by atoms with Crippen LogP contribution in [0.1, 0.15) is 31.0 Å². The molecule has 2 aromatic carbocycles. The van der Waals surface area contributed by atoms with E-state index in [0.29, 0.717) is 19.7 Å². The maximum Gasteiger partial charge on any atom is 0.244 e. The maximum absolute atomic E-state index is 13.7. The number of amides is 1. The van der Waals surface area contributed by atoms with Gasteiger partial charge in [0, 0.05) is 58.4 Å². The van der Waals surface area contributed by atoms with Gasteiger partial charge in [-0.15, -0.1) is 0 Å². The van der Waals surface area contributed by atoms with Crippen molar-refractivity contribution >= 4 is 50.2 Å². The van der Waals surface area contributed by atoms with Gasteiger partial charge in [-0.25, -0.2) is 13.4 Å². The van der Waals surface area contributed by atoms with Crippen LogP contribution in [0.25, 0.3) is 11.0 Å². The summed E-state index contributed by atoms with van der Waals surface area (Å²) in [6.07, 6.45) is 2.61. The van der Waals surface area contributed by atoms with E-state index in [9.17, 15) is 13.2 Å². The second kappa shape index (κ2) is 11.7. The van der Waals surface area contributed by atoms with E-state index in [-0.39, 0.29) is 39.9 Å². The number of carbonyl (C=O) groups is 1. The van der Waals surface area contributed by atoms with Gasteiger partial charge in [-0.2, -0.15) is 4.31 Å². The topological polar surface area (TPSA) is 111 Å². The van der Waals surface area contributed by atoms with Crippen LogP contribution in [-0.2, 0) is 26.1 Å². The summed E-state index contributed by atoms with van der Waals surface area (Å²) in [6.45, 7) is 2.59. The zero-order valence-corrected chi connectivity index (χ0v) is 24.1. The monoisotopic (exact) mass is 593 g/mol. The smallest absolute Gasteiger partial charge is 0.244 e. The summed E-state index contributed by atoms with van der Waals surface area (Å²) in [4.78, 5) is 20.4. The lowest BCUT2D eigenvalue weighted by Gasteiger charge is -2.35. The molecule has 2 fully saturated rings. The van der Waals surface area contributed by atoms with Gasteiger partial charge in [0.1, 0.15) is 10.7 Å². The van der Waals surface area contributed by atoms with Crippen molar-refractivity contribution in [2.75, 3.05) is 39.9 Å². The number of aryl methyl sites for hydroxylation is 1. The van der Waals surface area contributed by atoms with Crippen LogP contribution in [0.3, 0.4) is 0 Å². The Morgan fingerprint density at radius 1 is 1.13 bits per heavy atom. The Labute approximate surface area is 238 Å². The third-order valence-corrected chi connectivity index (χ3v) is 10.5. The van der Waals surface area contributed by atoms with Crippen molar-refractivity contribution in [3.05, 3.63) is 58.3 Å². The Morgan fingerprint density at radius 2 is 1.92 bits per heavy atom. The van der Waals surface area contributed by atoms with Crippen LogP contribution in [0.5, 0.6) is 0 Å². The average Bonchev–Trinajstić information content (AvgIpc) is 3.51. The molecular formula is C27H33Cl2N5O4S. The molecule has 1 aromatic heterocycles. The minimum atomic E-state index is -3.96. The Balaban J connectivity index is 1.34. The molecule has 9 nitrogen and oxygen atoms in total. The summed E-state index contributed by atoms with van der Waals surface area (Å²) in [5.74, 6) is 0.279. The number of rotatable bonds is 8. The number of hydrogen-bond donors (Lipinski definition) is 1. The van der Waals surface area contributed by atoms with E-state index in [2.05, 4.69) is 10.6 Å². The number of nitrogens with two attached hydrogens (primary N) is 1. The van der Waals surface area contributed by atoms with Crippen molar-refractivity contribution in [2.45, 2.75) is 42.7 Å². The summed E-state index contributed by atoms with van der Waals surface area (Å²) in [5, 5.41) is 0.122. The molecule has 2 saturated heterocycles.